The van der Waals surface area contributed by atoms with Gasteiger partial charge in [0, 0.05) is 30.6 Å². The van der Waals surface area contributed by atoms with E-state index in [-0.39, 0.29) is 30.2 Å². The second-order valence-electron chi connectivity index (χ2n) is 7.20. The summed E-state index contributed by atoms with van der Waals surface area (Å²) in [4.78, 5) is 26.4. The van der Waals surface area contributed by atoms with E-state index >= 15 is 0 Å². The number of rotatable bonds is 6. The summed E-state index contributed by atoms with van der Waals surface area (Å²) in [7, 11) is 0. The monoisotopic (exact) mass is 418 g/mol. The van der Waals surface area contributed by atoms with Gasteiger partial charge in [0.15, 0.2) is 6.61 Å². The SMILES string of the molecule is Cc1ccc(CNC(=O)C2CCN(C(=O)COc3ccc(Cl)cc3)CC2)cc1F. The molecule has 0 bridgehead atoms. The molecule has 1 saturated heterocycles. The summed E-state index contributed by atoms with van der Waals surface area (Å²) in [5.74, 6) is 0.00455. The van der Waals surface area contributed by atoms with Crippen LogP contribution in [0.5, 0.6) is 5.75 Å². The molecule has 0 aromatic heterocycles. The maximum atomic E-state index is 13.6. The fraction of sp³-hybridized carbons (Fsp3) is 0.364. The maximum absolute atomic E-state index is 13.6. The normalized spacial score (nSPS) is 14.5. The van der Waals surface area contributed by atoms with Crippen molar-refractivity contribution < 1.29 is 18.7 Å². The van der Waals surface area contributed by atoms with Crippen LogP contribution in [0.25, 0.3) is 0 Å². The number of carbonyl (C=O) groups excluding carboxylic acids is 2. The number of hydrogen-bond acceptors (Lipinski definition) is 3. The van der Waals surface area contributed by atoms with Gasteiger partial charge >= 0.3 is 0 Å². The minimum Gasteiger partial charge on any atom is -0.484 e. The predicted molar refractivity (Wildman–Crippen MR) is 109 cm³/mol. The smallest absolute Gasteiger partial charge is 0.260 e. The molecule has 3 rings (SSSR count). The molecule has 1 N–H and O–H groups in total. The molecule has 5 nitrogen and oxygen atoms in total. The number of amides is 2. The molecule has 29 heavy (non-hydrogen) atoms. The Labute approximate surface area is 174 Å². The third kappa shape index (κ3) is 5.94. The summed E-state index contributed by atoms with van der Waals surface area (Å²) < 4.78 is 19.1. The van der Waals surface area contributed by atoms with Gasteiger partial charge in [0.2, 0.25) is 5.91 Å². The third-order valence-corrected chi connectivity index (χ3v) is 5.35. The quantitative estimate of drug-likeness (QED) is 0.777. The van der Waals surface area contributed by atoms with Crippen molar-refractivity contribution in [2.24, 2.45) is 5.92 Å². The van der Waals surface area contributed by atoms with Gasteiger partial charge in [0.1, 0.15) is 11.6 Å². The Morgan fingerprint density at radius 2 is 1.86 bits per heavy atom. The van der Waals surface area contributed by atoms with E-state index in [9.17, 15) is 14.0 Å². The molecule has 0 aliphatic carbocycles. The standard InChI is InChI=1S/C22H24ClFN2O3/c1-15-2-3-16(12-20(15)24)13-25-22(28)17-8-10-26(11-9-17)21(27)14-29-19-6-4-18(23)5-7-19/h2-7,12,17H,8-11,13-14H2,1H3,(H,25,28). The Balaban J connectivity index is 1.40. The Hall–Kier alpha value is -2.60. The Kier molecular flexibility index (Phi) is 7.09. The first-order chi connectivity index (χ1) is 13.9. The maximum Gasteiger partial charge on any atom is 0.260 e. The molecule has 7 heteroatoms. The van der Waals surface area contributed by atoms with Crippen LogP contribution in [0.4, 0.5) is 4.39 Å². The third-order valence-electron chi connectivity index (χ3n) is 5.10. The molecule has 2 amide bonds. The first kappa shape index (κ1) is 21.1. The van der Waals surface area contributed by atoms with Crippen molar-refractivity contribution >= 4 is 23.4 Å². The Morgan fingerprint density at radius 1 is 1.17 bits per heavy atom. The van der Waals surface area contributed by atoms with E-state index in [0.717, 1.165) is 5.56 Å². The van der Waals surface area contributed by atoms with E-state index in [1.54, 1.807) is 48.2 Å². The van der Waals surface area contributed by atoms with Crippen molar-refractivity contribution in [1.29, 1.82) is 0 Å². The lowest BCUT2D eigenvalue weighted by atomic mass is 9.95. The average Bonchev–Trinajstić information content (AvgIpc) is 2.74. The van der Waals surface area contributed by atoms with Crippen molar-refractivity contribution in [3.8, 4) is 5.75 Å². The zero-order valence-electron chi connectivity index (χ0n) is 16.3. The number of aryl methyl sites for hydroxylation is 1. The fourth-order valence-electron chi connectivity index (χ4n) is 3.24. The molecule has 0 atom stereocenters. The molecule has 0 unspecified atom stereocenters. The molecule has 1 fully saturated rings. The first-order valence-electron chi connectivity index (χ1n) is 9.61. The number of nitrogens with one attached hydrogen (secondary N) is 1. The molecule has 2 aromatic rings. The van der Waals surface area contributed by atoms with Crippen molar-refractivity contribution in [2.75, 3.05) is 19.7 Å². The molecule has 1 aliphatic rings. The van der Waals surface area contributed by atoms with Gasteiger partial charge in [-0.15, -0.1) is 0 Å². The lowest BCUT2D eigenvalue weighted by molar-refractivity contribution is -0.137. The average molecular weight is 419 g/mol. The van der Waals surface area contributed by atoms with Gasteiger partial charge in [-0.3, -0.25) is 9.59 Å². The van der Waals surface area contributed by atoms with Crippen molar-refractivity contribution in [1.82, 2.24) is 10.2 Å². The van der Waals surface area contributed by atoms with E-state index in [1.165, 1.54) is 6.07 Å². The van der Waals surface area contributed by atoms with Gasteiger partial charge in [0.25, 0.3) is 5.91 Å². The summed E-state index contributed by atoms with van der Waals surface area (Å²) in [6.45, 7) is 2.98. The Morgan fingerprint density at radius 3 is 2.52 bits per heavy atom. The molecular weight excluding hydrogens is 395 g/mol. The van der Waals surface area contributed by atoms with Crippen LogP contribution in [0, 0.1) is 18.7 Å². The summed E-state index contributed by atoms with van der Waals surface area (Å²) >= 11 is 5.83. The lowest BCUT2D eigenvalue weighted by Gasteiger charge is -2.31. The van der Waals surface area contributed by atoms with Crippen LogP contribution >= 0.6 is 11.6 Å². The molecule has 2 aromatic carbocycles. The number of nitrogens with zero attached hydrogens (tertiary/aromatic N) is 1. The van der Waals surface area contributed by atoms with Crippen LogP contribution in [-0.2, 0) is 16.1 Å². The predicted octanol–water partition coefficient (Wildman–Crippen LogP) is 3.72. The molecule has 154 valence electrons. The number of benzene rings is 2. The molecule has 1 aliphatic heterocycles. The second kappa shape index (κ2) is 9.74. The Bertz CT molecular complexity index is 865. The van der Waals surface area contributed by atoms with E-state index < -0.39 is 0 Å². The highest BCUT2D eigenvalue weighted by atomic mass is 35.5. The number of piperidine rings is 1. The second-order valence-corrected chi connectivity index (χ2v) is 7.64. The summed E-state index contributed by atoms with van der Waals surface area (Å²) in [6.07, 6.45) is 1.20. The van der Waals surface area contributed by atoms with Crippen LogP contribution in [0.1, 0.15) is 24.0 Å². The topological polar surface area (TPSA) is 58.6 Å². The van der Waals surface area contributed by atoms with Crippen molar-refractivity contribution in [3.63, 3.8) is 0 Å². The van der Waals surface area contributed by atoms with Gasteiger partial charge in [-0.1, -0.05) is 23.7 Å². The number of likely N-dealkylation sites (tertiary alicyclic amines) is 1. The van der Waals surface area contributed by atoms with Crippen LogP contribution in [0.15, 0.2) is 42.5 Å². The zero-order valence-corrected chi connectivity index (χ0v) is 17.0. The van der Waals surface area contributed by atoms with E-state index in [1.807, 2.05) is 0 Å². The summed E-state index contributed by atoms with van der Waals surface area (Å²) in [6, 6.07) is 11.8. The van der Waals surface area contributed by atoms with Crippen LogP contribution in [-0.4, -0.2) is 36.4 Å². The molecule has 1 heterocycles. The van der Waals surface area contributed by atoms with Crippen LogP contribution < -0.4 is 10.1 Å². The number of ether oxygens (including phenoxy) is 1. The van der Waals surface area contributed by atoms with Gasteiger partial charge in [-0.25, -0.2) is 4.39 Å². The van der Waals surface area contributed by atoms with Crippen LogP contribution in [0.3, 0.4) is 0 Å². The first-order valence-corrected chi connectivity index (χ1v) is 9.99. The van der Waals surface area contributed by atoms with Crippen molar-refractivity contribution in [2.45, 2.75) is 26.3 Å². The highest BCUT2D eigenvalue weighted by Crippen LogP contribution is 2.19. The van der Waals surface area contributed by atoms with E-state index in [2.05, 4.69) is 5.32 Å². The van der Waals surface area contributed by atoms with Gasteiger partial charge < -0.3 is 15.0 Å². The van der Waals surface area contributed by atoms with E-state index in [0.29, 0.717) is 48.8 Å². The van der Waals surface area contributed by atoms with E-state index in [4.69, 9.17) is 16.3 Å². The summed E-state index contributed by atoms with van der Waals surface area (Å²) in [5.41, 5.74) is 1.31. The van der Waals surface area contributed by atoms with Crippen molar-refractivity contribution in [3.05, 3.63) is 64.4 Å². The van der Waals surface area contributed by atoms with Gasteiger partial charge in [-0.05, 0) is 61.2 Å². The number of hydrogen-bond donors (Lipinski definition) is 1. The minimum absolute atomic E-state index is 0.0442. The highest BCUT2D eigenvalue weighted by Gasteiger charge is 2.27. The molecular formula is C22H24ClFN2O3. The molecule has 0 spiro atoms. The largest absolute Gasteiger partial charge is 0.484 e. The molecule has 0 radical (unpaired) electrons. The van der Waals surface area contributed by atoms with Gasteiger partial charge in [0.05, 0.1) is 0 Å². The zero-order chi connectivity index (χ0) is 20.8. The van der Waals surface area contributed by atoms with Crippen LogP contribution in [0.2, 0.25) is 5.02 Å². The molecule has 0 saturated carbocycles. The minimum atomic E-state index is -0.274. The highest BCUT2D eigenvalue weighted by molar-refractivity contribution is 6.30. The summed E-state index contributed by atoms with van der Waals surface area (Å²) in [5, 5.41) is 3.47. The lowest BCUT2D eigenvalue weighted by Crippen LogP contribution is -2.44. The fourth-order valence-corrected chi connectivity index (χ4v) is 3.36. The number of carbonyl (C=O) groups is 2. The number of halogens is 2. The van der Waals surface area contributed by atoms with Gasteiger partial charge in [-0.2, -0.15) is 0 Å².